The number of pyridine rings is 1. The number of hydrogen-bond acceptors (Lipinski definition) is 5. The number of likely N-dealkylation sites (N-methyl/N-ethyl adjacent to an activating group) is 1. The van der Waals surface area contributed by atoms with E-state index < -0.39 is 11.5 Å². The second-order valence-electron chi connectivity index (χ2n) is 8.62. The van der Waals surface area contributed by atoms with Crippen LogP contribution in [0.3, 0.4) is 0 Å². The van der Waals surface area contributed by atoms with Crippen molar-refractivity contribution >= 4 is 22.5 Å². The average Bonchev–Trinajstić information content (AvgIpc) is 2.80. The lowest BCUT2D eigenvalue weighted by atomic mass is 9.97. The van der Waals surface area contributed by atoms with Crippen LogP contribution in [0.1, 0.15) is 29.3 Å². The van der Waals surface area contributed by atoms with Crippen LogP contribution in [0.5, 0.6) is 0 Å². The molecule has 0 spiro atoms. The van der Waals surface area contributed by atoms with E-state index in [1.165, 1.54) is 6.07 Å². The number of para-hydroxylation sites is 1. The van der Waals surface area contributed by atoms with Crippen molar-refractivity contribution in [2.45, 2.75) is 19.9 Å². The van der Waals surface area contributed by atoms with Gasteiger partial charge in [-0.05, 0) is 31.2 Å². The fraction of sp³-hybridized carbons (Fsp3) is 0.360. The summed E-state index contributed by atoms with van der Waals surface area (Å²) in [5.41, 5.74) is 8.00. The quantitative estimate of drug-likeness (QED) is 0.536. The summed E-state index contributed by atoms with van der Waals surface area (Å²) >= 11 is 0. The largest absolute Gasteiger partial charge is 0.397 e. The molecule has 7 nitrogen and oxygen atoms in total. The van der Waals surface area contributed by atoms with E-state index in [9.17, 15) is 14.0 Å². The van der Waals surface area contributed by atoms with Crippen LogP contribution in [0.4, 0.5) is 10.1 Å². The highest BCUT2D eigenvalue weighted by Crippen LogP contribution is 2.32. The number of carbonyl (C=O) groups excluding carboxylic acids is 1. The number of fused-ring (bicyclic) bond motifs is 1. The Hall–Kier alpha value is -3.23. The first-order valence-corrected chi connectivity index (χ1v) is 11.3. The molecule has 4 rings (SSSR count). The molecule has 174 valence electrons. The van der Waals surface area contributed by atoms with Crippen molar-refractivity contribution in [2.24, 2.45) is 0 Å². The van der Waals surface area contributed by atoms with Gasteiger partial charge in [0.25, 0.3) is 11.5 Å². The third-order valence-electron chi connectivity index (χ3n) is 6.18. The summed E-state index contributed by atoms with van der Waals surface area (Å²) in [5, 5.41) is 3.20. The number of nitrogens with zero attached hydrogens (tertiary/aromatic N) is 2. The summed E-state index contributed by atoms with van der Waals surface area (Å²) in [6.07, 6.45) is 0.741. The molecule has 0 unspecified atom stereocenters. The second kappa shape index (κ2) is 9.72. The number of piperazine rings is 1. The van der Waals surface area contributed by atoms with Gasteiger partial charge in [0.2, 0.25) is 0 Å². The molecule has 8 heteroatoms. The van der Waals surface area contributed by atoms with E-state index >= 15 is 0 Å². The van der Waals surface area contributed by atoms with Crippen LogP contribution in [0, 0.1) is 5.82 Å². The standard InChI is InChI=1S/C25H30FN5O2/c1-3-9-28-24(32)21-22(27)18-6-4-5-17(23(18)29-25(21)33)19-14-16(7-8-20(19)26)15-31-12-10-30(2)11-13-31/h4-8,14H,3,9-13,15H2,1-2H3,(H,28,32)(H3,27,29,33). The van der Waals surface area contributed by atoms with Crippen LogP contribution in [0.2, 0.25) is 0 Å². The Labute approximate surface area is 192 Å². The third-order valence-corrected chi connectivity index (χ3v) is 6.18. The zero-order valence-corrected chi connectivity index (χ0v) is 19.1. The van der Waals surface area contributed by atoms with E-state index in [1.807, 2.05) is 13.0 Å². The Morgan fingerprint density at radius 1 is 1.15 bits per heavy atom. The maximum absolute atomic E-state index is 15.0. The topological polar surface area (TPSA) is 94.5 Å². The number of hydrogen-bond donors (Lipinski definition) is 3. The van der Waals surface area contributed by atoms with E-state index in [-0.39, 0.29) is 17.1 Å². The van der Waals surface area contributed by atoms with Crippen molar-refractivity contribution in [2.75, 3.05) is 45.5 Å². The molecule has 1 aliphatic rings. The van der Waals surface area contributed by atoms with E-state index in [0.29, 0.717) is 28.6 Å². The molecule has 1 saturated heterocycles. The molecule has 0 atom stereocenters. The number of nitrogens with two attached hydrogens (primary N) is 1. The molecule has 0 bridgehead atoms. The molecular weight excluding hydrogens is 421 g/mol. The minimum atomic E-state index is -0.588. The van der Waals surface area contributed by atoms with Crippen LogP contribution < -0.4 is 16.6 Å². The summed E-state index contributed by atoms with van der Waals surface area (Å²) in [5.74, 6) is -0.892. The molecule has 1 aromatic heterocycles. The van der Waals surface area contributed by atoms with Crippen molar-refractivity contribution in [1.29, 1.82) is 0 Å². The van der Waals surface area contributed by atoms with Crippen LogP contribution >= 0.6 is 0 Å². The number of aromatic amines is 1. The highest BCUT2D eigenvalue weighted by Gasteiger charge is 2.20. The van der Waals surface area contributed by atoms with Crippen molar-refractivity contribution in [3.63, 3.8) is 0 Å². The molecule has 4 N–H and O–H groups in total. The molecular formula is C25H30FN5O2. The molecule has 1 aliphatic heterocycles. The van der Waals surface area contributed by atoms with Gasteiger partial charge < -0.3 is 20.9 Å². The molecule has 2 heterocycles. The predicted molar refractivity (Wildman–Crippen MR) is 130 cm³/mol. The van der Waals surface area contributed by atoms with Gasteiger partial charge in [-0.3, -0.25) is 14.5 Å². The second-order valence-corrected chi connectivity index (χ2v) is 8.62. The number of nitrogens with one attached hydrogen (secondary N) is 2. The number of benzene rings is 2. The van der Waals surface area contributed by atoms with Gasteiger partial charge in [-0.25, -0.2) is 4.39 Å². The van der Waals surface area contributed by atoms with Gasteiger partial charge in [-0.2, -0.15) is 0 Å². The lowest BCUT2D eigenvalue weighted by Crippen LogP contribution is -2.43. The van der Waals surface area contributed by atoms with Gasteiger partial charge in [0.15, 0.2) is 0 Å². The van der Waals surface area contributed by atoms with Gasteiger partial charge >= 0.3 is 0 Å². The van der Waals surface area contributed by atoms with Crippen LogP contribution in [-0.2, 0) is 6.54 Å². The first-order chi connectivity index (χ1) is 15.9. The fourth-order valence-electron chi connectivity index (χ4n) is 4.26. The molecule has 1 amide bonds. The monoisotopic (exact) mass is 451 g/mol. The molecule has 3 aromatic rings. The van der Waals surface area contributed by atoms with Gasteiger partial charge in [0.1, 0.15) is 11.4 Å². The molecule has 0 aliphatic carbocycles. The summed E-state index contributed by atoms with van der Waals surface area (Å²) in [7, 11) is 2.11. The number of H-pyrrole nitrogens is 1. The number of rotatable bonds is 6. The Balaban J connectivity index is 1.74. The smallest absolute Gasteiger partial charge is 0.263 e. The number of halogens is 1. The molecule has 33 heavy (non-hydrogen) atoms. The van der Waals surface area contributed by atoms with E-state index in [4.69, 9.17) is 5.73 Å². The minimum absolute atomic E-state index is 0.0956. The Kier molecular flexibility index (Phi) is 6.76. The summed E-state index contributed by atoms with van der Waals surface area (Å²) in [6.45, 7) is 7.03. The minimum Gasteiger partial charge on any atom is -0.397 e. The van der Waals surface area contributed by atoms with Gasteiger partial charge in [0, 0.05) is 55.8 Å². The molecule has 0 saturated carbocycles. The SMILES string of the molecule is CCCNC(=O)c1c(N)c2cccc(-c3cc(CN4CCN(C)CC4)ccc3F)c2[nH]c1=O. The highest BCUT2D eigenvalue weighted by atomic mass is 19.1. The van der Waals surface area contributed by atoms with Crippen molar-refractivity contribution in [1.82, 2.24) is 20.1 Å². The Bertz CT molecular complexity index is 1230. The van der Waals surface area contributed by atoms with Crippen LogP contribution in [0.25, 0.3) is 22.0 Å². The molecule has 2 aromatic carbocycles. The number of aromatic nitrogens is 1. The van der Waals surface area contributed by atoms with Gasteiger partial charge in [-0.1, -0.05) is 31.2 Å². The first-order valence-electron chi connectivity index (χ1n) is 11.3. The van der Waals surface area contributed by atoms with Gasteiger partial charge in [0.05, 0.1) is 11.2 Å². The van der Waals surface area contributed by atoms with Crippen molar-refractivity contribution < 1.29 is 9.18 Å². The summed E-state index contributed by atoms with van der Waals surface area (Å²) in [4.78, 5) is 32.7. The Morgan fingerprint density at radius 3 is 2.64 bits per heavy atom. The fourth-order valence-corrected chi connectivity index (χ4v) is 4.26. The van der Waals surface area contributed by atoms with Gasteiger partial charge in [-0.15, -0.1) is 0 Å². The van der Waals surface area contributed by atoms with E-state index in [2.05, 4.69) is 27.1 Å². The maximum Gasteiger partial charge on any atom is 0.263 e. The van der Waals surface area contributed by atoms with Crippen LogP contribution in [0.15, 0.2) is 41.2 Å². The predicted octanol–water partition coefficient (Wildman–Crippen LogP) is 2.80. The summed E-state index contributed by atoms with van der Waals surface area (Å²) in [6, 6.07) is 10.3. The van der Waals surface area contributed by atoms with Crippen molar-refractivity contribution in [3.05, 3.63) is 63.7 Å². The maximum atomic E-state index is 15.0. The number of amides is 1. The summed E-state index contributed by atoms with van der Waals surface area (Å²) < 4.78 is 15.0. The normalized spacial score (nSPS) is 15.1. The number of nitrogen functional groups attached to an aromatic ring is 1. The lowest BCUT2D eigenvalue weighted by Gasteiger charge is -2.32. The average molecular weight is 452 g/mol. The zero-order chi connectivity index (χ0) is 23.5. The Morgan fingerprint density at radius 2 is 1.91 bits per heavy atom. The molecule has 0 radical (unpaired) electrons. The molecule has 1 fully saturated rings. The third kappa shape index (κ3) is 4.77. The van der Waals surface area contributed by atoms with Crippen molar-refractivity contribution in [3.8, 4) is 11.1 Å². The van der Waals surface area contributed by atoms with E-state index in [0.717, 1.165) is 44.7 Å². The zero-order valence-electron chi connectivity index (χ0n) is 19.1. The number of anilines is 1. The number of carbonyl (C=O) groups is 1. The first kappa shape index (κ1) is 22.9. The van der Waals surface area contributed by atoms with E-state index in [1.54, 1.807) is 24.3 Å². The highest BCUT2D eigenvalue weighted by molar-refractivity contribution is 6.08. The van der Waals surface area contributed by atoms with Crippen LogP contribution in [-0.4, -0.2) is 60.5 Å². The lowest BCUT2D eigenvalue weighted by molar-refractivity contribution is 0.0953.